The van der Waals surface area contributed by atoms with Crippen LogP contribution in [0.4, 0.5) is 8.78 Å². The molecule has 1 saturated carbocycles. The van der Waals surface area contributed by atoms with Crippen molar-refractivity contribution in [1.29, 1.82) is 0 Å². The summed E-state index contributed by atoms with van der Waals surface area (Å²) >= 11 is 0. The second kappa shape index (κ2) is 7.36. The Labute approximate surface area is 135 Å². The van der Waals surface area contributed by atoms with Crippen molar-refractivity contribution in [2.45, 2.75) is 43.7 Å². The molecule has 1 aliphatic rings. The van der Waals surface area contributed by atoms with Crippen molar-refractivity contribution < 1.29 is 18.7 Å². The van der Waals surface area contributed by atoms with E-state index in [0.717, 1.165) is 31.4 Å². The van der Waals surface area contributed by atoms with Gasteiger partial charge in [-0.1, -0.05) is 25.3 Å². The van der Waals surface area contributed by atoms with Gasteiger partial charge >= 0.3 is 0 Å². The molecular formula is C17H24F2N2O2. The Bertz CT molecular complexity index is 537. The zero-order valence-electron chi connectivity index (χ0n) is 13.6. The quantitative estimate of drug-likeness (QED) is 0.873. The Balaban J connectivity index is 2.13. The van der Waals surface area contributed by atoms with Crippen molar-refractivity contribution in [3.8, 4) is 0 Å². The molecular weight excluding hydrogens is 302 g/mol. The molecule has 1 atom stereocenters. The molecule has 0 heterocycles. The summed E-state index contributed by atoms with van der Waals surface area (Å²) in [5.41, 5.74) is -1.19. The summed E-state index contributed by atoms with van der Waals surface area (Å²) in [7, 11) is 3.18. The van der Waals surface area contributed by atoms with Crippen LogP contribution in [0, 0.1) is 11.6 Å². The summed E-state index contributed by atoms with van der Waals surface area (Å²) in [5, 5.41) is 13.1. The van der Waals surface area contributed by atoms with E-state index in [1.165, 1.54) is 11.0 Å². The maximum absolute atomic E-state index is 14.0. The summed E-state index contributed by atoms with van der Waals surface area (Å²) in [6, 6.07) is 2.46. The van der Waals surface area contributed by atoms with E-state index in [4.69, 9.17) is 0 Å². The van der Waals surface area contributed by atoms with Crippen molar-refractivity contribution in [3.05, 3.63) is 35.4 Å². The van der Waals surface area contributed by atoms with Gasteiger partial charge < -0.3 is 10.4 Å². The molecule has 2 N–H and O–H groups in total. The number of halogens is 2. The van der Waals surface area contributed by atoms with Gasteiger partial charge in [-0.2, -0.15) is 0 Å². The molecule has 1 aromatic carbocycles. The van der Waals surface area contributed by atoms with Crippen LogP contribution < -0.4 is 5.32 Å². The first-order chi connectivity index (χ1) is 10.8. The van der Waals surface area contributed by atoms with E-state index in [9.17, 15) is 18.7 Å². The molecule has 128 valence electrons. The number of likely N-dealkylation sites (N-methyl/N-ethyl adjacent to an activating group) is 1. The van der Waals surface area contributed by atoms with Gasteiger partial charge in [0.1, 0.15) is 17.7 Å². The SMILES string of the molecule is CN(C)[C@@H](C(=O)NCC1(O)CCCCC1)c1c(F)cccc1F. The van der Waals surface area contributed by atoms with Crippen LogP contribution >= 0.6 is 0 Å². The van der Waals surface area contributed by atoms with Crippen molar-refractivity contribution in [2.75, 3.05) is 20.6 Å². The van der Waals surface area contributed by atoms with E-state index >= 15 is 0 Å². The van der Waals surface area contributed by atoms with Gasteiger partial charge in [-0.3, -0.25) is 9.69 Å². The third-order valence-corrected chi connectivity index (χ3v) is 4.41. The summed E-state index contributed by atoms with van der Waals surface area (Å²) in [4.78, 5) is 13.9. The predicted octanol–water partition coefficient (Wildman–Crippen LogP) is 2.38. The van der Waals surface area contributed by atoms with Crippen LogP contribution in [0.3, 0.4) is 0 Å². The van der Waals surface area contributed by atoms with Gasteiger partial charge in [0, 0.05) is 6.54 Å². The van der Waals surface area contributed by atoms with Gasteiger partial charge in [0.05, 0.1) is 11.2 Å². The summed E-state index contributed by atoms with van der Waals surface area (Å²) in [6.07, 6.45) is 4.19. The third-order valence-electron chi connectivity index (χ3n) is 4.41. The van der Waals surface area contributed by atoms with Crippen molar-refractivity contribution in [3.63, 3.8) is 0 Å². The predicted molar refractivity (Wildman–Crippen MR) is 83.8 cm³/mol. The molecule has 0 spiro atoms. The fourth-order valence-corrected chi connectivity index (χ4v) is 3.13. The van der Waals surface area contributed by atoms with Crippen LogP contribution in [0.1, 0.15) is 43.7 Å². The van der Waals surface area contributed by atoms with Crippen molar-refractivity contribution >= 4 is 5.91 Å². The molecule has 0 aromatic heterocycles. The normalized spacial score (nSPS) is 18.7. The first kappa shape index (κ1) is 17.8. The number of carbonyl (C=O) groups is 1. The largest absolute Gasteiger partial charge is 0.388 e. The van der Waals surface area contributed by atoms with Gasteiger partial charge in [-0.25, -0.2) is 8.78 Å². The molecule has 0 radical (unpaired) electrons. The van der Waals surface area contributed by atoms with Crippen molar-refractivity contribution in [2.24, 2.45) is 0 Å². The average Bonchev–Trinajstić information content (AvgIpc) is 2.49. The third kappa shape index (κ3) is 4.26. The van der Waals surface area contributed by atoms with Gasteiger partial charge in [-0.05, 0) is 39.1 Å². The first-order valence-corrected chi connectivity index (χ1v) is 7.94. The second-order valence-corrected chi connectivity index (χ2v) is 6.50. The monoisotopic (exact) mass is 326 g/mol. The van der Waals surface area contributed by atoms with Crippen LogP contribution in [-0.4, -0.2) is 42.2 Å². The topological polar surface area (TPSA) is 52.6 Å². The minimum Gasteiger partial charge on any atom is -0.388 e. The molecule has 1 aromatic rings. The number of carbonyl (C=O) groups excluding carboxylic acids is 1. The summed E-state index contributed by atoms with van der Waals surface area (Å²) < 4.78 is 28.0. The second-order valence-electron chi connectivity index (χ2n) is 6.50. The first-order valence-electron chi connectivity index (χ1n) is 7.94. The summed E-state index contributed by atoms with van der Waals surface area (Å²) in [6.45, 7) is 0.103. The van der Waals surface area contributed by atoms with E-state index < -0.39 is 29.2 Å². The van der Waals surface area contributed by atoms with Gasteiger partial charge in [-0.15, -0.1) is 0 Å². The Hall–Kier alpha value is -1.53. The highest BCUT2D eigenvalue weighted by atomic mass is 19.1. The lowest BCUT2D eigenvalue weighted by Crippen LogP contribution is -2.47. The highest BCUT2D eigenvalue weighted by Gasteiger charge is 2.33. The van der Waals surface area contributed by atoms with Gasteiger partial charge in [0.2, 0.25) is 5.91 Å². The maximum Gasteiger partial charge on any atom is 0.242 e. The highest BCUT2D eigenvalue weighted by molar-refractivity contribution is 5.83. The molecule has 4 nitrogen and oxygen atoms in total. The molecule has 1 fully saturated rings. The van der Waals surface area contributed by atoms with Crippen LogP contribution in [0.15, 0.2) is 18.2 Å². The lowest BCUT2D eigenvalue weighted by Gasteiger charge is -2.33. The van der Waals surface area contributed by atoms with Crippen LogP contribution in [0.2, 0.25) is 0 Å². The van der Waals surface area contributed by atoms with E-state index in [-0.39, 0.29) is 12.1 Å². The summed E-state index contributed by atoms with van der Waals surface area (Å²) in [5.74, 6) is -2.02. The minimum atomic E-state index is -1.08. The van der Waals surface area contributed by atoms with Crippen LogP contribution in [0.5, 0.6) is 0 Å². The smallest absolute Gasteiger partial charge is 0.242 e. The standard InChI is InChI=1S/C17H24F2N2O2/c1-21(2)15(14-12(18)7-6-8-13(14)19)16(22)20-11-17(23)9-4-3-5-10-17/h6-8,15,23H,3-5,9-11H2,1-2H3,(H,20,22)/t15-/m1/s1. The molecule has 0 saturated heterocycles. The number of nitrogens with one attached hydrogen (secondary N) is 1. The zero-order valence-corrected chi connectivity index (χ0v) is 13.6. The Kier molecular flexibility index (Phi) is 5.70. The molecule has 0 bridgehead atoms. The van der Waals surface area contributed by atoms with Crippen LogP contribution in [0.25, 0.3) is 0 Å². The number of aliphatic hydroxyl groups is 1. The van der Waals surface area contributed by atoms with E-state index in [1.807, 2.05) is 0 Å². The number of rotatable bonds is 5. The molecule has 2 rings (SSSR count). The number of hydrogen-bond donors (Lipinski definition) is 2. The van der Waals surface area contributed by atoms with Crippen molar-refractivity contribution in [1.82, 2.24) is 10.2 Å². The number of nitrogens with zero attached hydrogens (tertiary/aromatic N) is 1. The molecule has 6 heteroatoms. The van der Waals surface area contributed by atoms with Crippen LogP contribution in [-0.2, 0) is 4.79 Å². The van der Waals surface area contributed by atoms with E-state index in [1.54, 1.807) is 14.1 Å². The minimum absolute atomic E-state index is 0.103. The van der Waals surface area contributed by atoms with Gasteiger partial charge in [0.25, 0.3) is 0 Å². The average molecular weight is 326 g/mol. The Morgan fingerprint density at radius 1 is 1.26 bits per heavy atom. The Morgan fingerprint density at radius 2 is 1.83 bits per heavy atom. The molecule has 1 aliphatic carbocycles. The molecule has 0 aliphatic heterocycles. The molecule has 1 amide bonds. The van der Waals surface area contributed by atoms with Gasteiger partial charge in [0.15, 0.2) is 0 Å². The Morgan fingerprint density at radius 3 is 2.35 bits per heavy atom. The lowest BCUT2D eigenvalue weighted by atomic mass is 9.85. The number of amides is 1. The molecule has 0 unspecified atom stereocenters. The highest BCUT2D eigenvalue weighted by Crippen LogP contribution is 2.28. The molecule has 23 heavy (non-hydrogen) atoms. The zero-order chi connectivity index (χ0) is 17.0. The van der Waals surface area contributed by atoms with E-state index in [2.05, 4.69) is 5.32 Å². The fourth-order valence-electron chi connectivity index (χ4n) is 3.13. The maximum atomic E-state index is 14.0. The number of hydrogen-bond acceptors (Lipinski definition) is 3. The number of benzene rings is 1. The fraction of sp³-hybridized carbons (Fsp3) is 0.588. The van der Waals surface area contributed by atoms with E-state index in [0.29, 0.717) is 12.8 Å². The lowest BCUT2D eigenvalue weighted by molar-refractivity contribution is -0.127.